The second kappa shape index (κ2) is 8.27. The van der Waals surface area contributed by atoms with Gasteiger partial charge in [0, 0.05) is 24.6 Å². The zero-order valence-corrected chi connectivity index (χ0v) is 14.2. The molecule has 0 aliphatic carbocycles. The van der Waals surface area contributed by atoms with Crippen molar-refractivity contribution < 1.29 is 19.2 Å². The van der Waals surface area contributed by atoms with E-state index in [0.29, 0.717) is 17.5 Å². The molecule has 1 aromatic heterocycles. The summed E-state index contributed by atoms with van der Waals surface area (Å²) in [6, 6.07) is 4.11. The van der Waals surface area contributed by atoms with E-state index in [-0.39, 0.29) is 23.7 Å². The Kier molecular flexibility index (Phi) is 6.10. The Morgan fingerprint density at radius 3 is 2.64 bits per heavy atom. The number of nitro benzene ring substituents is 1. The Morgan fingerprint density at radius 2 is 2.00 bits per heavy atom. The first-order valence-electron chi connectivity index (χ1n) is 8.05. The van der Waals surface area contributed by atoms with E-state index in [1.54, 1.807) is 0 Å². The van der Waals surface area contributed by atoms with Crippen LogP contribution in [-0.2, 0) is 11.8 Å². The van der Waals surface area contributed by atoms with Crippen molar-refractivity contribution in [3.63, 3.8) is 0 Å². The van der Waals surface area contributed by atoms with Crippen LogP contribution >= 0.6 is 0 Å². The maximum atomic E-state index is 12.4. The number of aryl methyl sites for hydroxylation is 1. The molecule has 0 saturated heterocycles. The maximum Gasteiger partial charge on any atom is 0.298 e. The second-order valence-corrected chi connectivity index (χ2v) is 5.60. The van der Waals surface area contributed by atoms with Gasteiger partial charge in [0.1, 0.15) is 0 Å². The fourth-order valence-corrected chi connectivity index (χ4v) is 2.58. The number of unbranched alkanes of at least 4 members (excludes halogenated alkanes) is 3. The fraction of sp³-hybridized carbons (Fsp3) is 0.412. The van der Waals surface area contributed by atoms with Crippen LogP contribution in [0.1, 0.15) is 32.6 Å². The van der Waals surface area contributed by atoms with Gasteiger partial charge in [0.15, 0.2) is 5.75 Å². The SMILES string of the molecule is CCCCCCOc1c(OC=O)c(=O)n(C)c2cc([N+](=O)[O-])ccc12. The molecular formula is C17H20N2O6. The van der Waals surface area contributed by atoms with Crippen molar-refractivity contribution in [2.45, 2.75) is 32.6 Å². The molecule has 0 N–H and O–H groups in total. The number of pyridine rings is 1. The van der Waals surface area contributed by atoms with Crippen LogP contribution in [-0.4, -0.2) is 22.6 Å². The standard InChI is InChI=1S/C17H20N2O6/c1-3-4-5-6-9-24-15-13-8-7-12(19(22)23)10-14(13)18(2)17(21)16(15)25-11-20/h7-8,10-11H,3-6,9H2,1-2H3. The van der Waals surface area contributed by atoms with Crippen LogP contribution in [0.4, 0.5) is 5.69 Å². The van der Waals surface area contributed by atoms with Gasteiger partial charge in [-0.05, 0) is 12.5 Å². The third kappa shape index (κ3) is 3.96. The van der Waals surface area contributed by atoms with Gasteiger partial charge in [-0.1, -0.05) is 26.2 Å². The van der Waals surface area contributed by atoms with E-state index in [9.17, 15) is 19.7 Å². The summed E-state index contributed by atoms with van der Waals surface area (Å²) in [6.45, 7) is 2.62. The number of nitro groups is 1. The van der Waals surface area contributed by atoms with E-state index in [4.69, 9.17) is 9.47 Å². The smallest absolute Gasteiger partial charge is 0.298 e. The van der Waals surface area contributed by atoms with Crippen LogP contribution < -0.4 is 15.0 Å². The fourth-order valence-electron chi connectivity index (χ4n) is 2.58. The van der Waals surface area contributed by atoms with Crippen molar-refractivity contribution >= 4 is 23.1 Å². The molecule has 2 rings (SSSR count). The van der Waals surface area contributed by atoms with E-state index in [1.807, 2.05) is 0 Å². The number of fused-ring (bicyclic) bond motifs is 1. The van der Waals surface area contributed by atoms with E-state index in [2.05, 4.69) is 6.92 Å². The highest BCUT2D eigenvalue weighted by atomic mass is 16.6. The lowest BCUT2D eigenvalue weighted by atomic mass is 10.1. The van der Waals surface area contributed by atoms with Gasteiger partial charge in [-0.2, -0.15) is 0 Å². The topological polar surface area (TPSA) is 101 Å². The maximum absolute atomic E-state index is 12.4. The molecule has 0 bridgehead atoms. The van der Waals surface area contributed by atoms with Crippen LogP contribution in [0, 0.1) is 10.1 Å². The van der Waals surface area contributed by atoms with Crippen LogP contribution in [0.15, 0.2) is 23.0 Å². The molecule has 0 saturated carbocycles. The summed E-state index contributed by atoms with van der Waals surface area (Å²) in [7, 11) is 1.46. The number of ether oxygens (including phenoxy) is 2. The Bertz CT molecular complexity index is 843. The molecule has 0 amide bonds. The van der Waals surface area contributed by atoms with Gasteiger partial charge < -0.3 is 14.0 Å². The molecule has 1 aromatic carbocycles. The molecule has 0 unspecified atom stereocenters. The minimum Gasteiger partial charge on any atom is -0.489 e. The molecule has 25 heavy (non-hydrogen) atoms. The van der Waals surface area contributed by atoms with Gasteiger partial charge in [0.25, 0.3) is 17.7 Å². The van der Waals surface area contributed by atoms with Gasteiger partial charge in [-0.25, -0.2) is 0 Å². The van der Waals surface area contributed by atoms with Crippen molar-refractivity contribution in [2.24, 2.45) is 7.05 Å². The van der Waals surface area contributed by atoms with Crippen LogP contribution in [0.5, 0.6) is 11.5 Å². The van der Waals surface area contributed by atoms with Crippen molar-refractivity contribution in [3.05, 3.63) is 38.7 Å². The first-order chi connectivity index (χ1) is 12.0. The Morgan fingerprint density at radius 1 is 1.24 bits per heavy atom. The Hall–Kier alpha value is -2.90. The van der Waals surface area contributed by atoms with Gasteiger partial charge >= 0.3 is 0 Å². The number of aromatic nitrogens is 1. The number of hydrogen-bond acceptors (Lipinski definition) is 6. The molecule has 8 nitrogen and oxygen atoms in total. The van der Waals surface area contributed by atoms with Crippen LogP contribution in [0.2, 0.25) is 0 Å². The molecule has 1 heterocycles. The monoisotopic (exact) mass is 348 g/mol. The predicted octanol–water partition coefficient (Wildman–Crippen LogP) is 2.94. The average molecular weight is 348 g/mol. The van der Waals surface area contributed by atoms with Crippen molar-refractivity contribution in [1.82, 2.24) is 4.57 Å². The molecular weight excluding hydrogens is 328 g/mol. The molecule has 0 spiro atoms. The minimum atomic E-state index is -0.594. The van der Waals surface area contributed by atoms with Crippen molar-refractivity contribution in [3.8, 4) is 11.5 Å². The van der Waals surface area contributed by atoms with Gasteiger partial charge in [0.2, 0.25) is 5.75 Å². The third-order valence-corrected chi connectivity index (χ3v) is 3.91. The molecule has 8 heteroatoms. The Labute approximate surface area is 144 Å². The molecule has 134 valence electrons. The van der Waals surface area contributed by atoms with Crippen molar-refractivity contribution in [1.29, 1.82) is 0 Å². The summed E-state index contributed by atoms with van der Waals surface area (Å²) < 4.78 is 11.8. The average Bonchev–Trinajstić information content (AvgIpc) is 2.61. The minimum absolute atomic E-state index is 0.136. The van der Waals surface area contributed by atoms with E-state index in [1.165, 1.54) is 29.8 Å². The number of nitrogens with zero attached hydrogens (tertiary/aromatic N) is 2. The quantitative estimate of drug-likeness (QED) is 0.299. The molecule has 0 aliphatic heterocycles. The largest absolute Gasteiger partial charge is 0.489 e. The summed E-state index contributed by atoms with van der Waals surface area (Å²) in [4.78, 5) is 33.7. The molecule has 0 radical (unpaired) electrons. The number of carbonyl (C=O) groups is 1. The highest BCUT2D eigenvalue weighted by Crippen LogP contribution is 2.34. The summed E-state index contributed by atoms with van der Waals surface area (Å²) in [5, 5.41) is 11.5. The molecule has 2 aromatic rings. The van der Waals surface area contributed by atoms with Crippen LogP contribution in [0.25, 0.3) is 10.9 Å². The van der Waals surface area contributed by atoms with E-state index < -0.39 is 10.5 Å². The molecule has 0 fully saturated rings. The van der Waals surface area contributed by atoms with Gasteiger partial charge in [0.05, 0.1) is 17.0 Å². The van der Waals surface area contributed by atoms with Crippen molar-refractivity contribution in [2.75, 3.05) is 6.61 Å². The lowest BCUT2D eigenvalue weighted by Gasteiger charge is -2.15. The molecule has 0 atom stereocenters. The first-order valence-corrected chi connectivity index (χ1v) is 8.05. The lowest BCUT2D eigenvalue weighted by Crippen LogP contribution is -2.21. The second-order valence-electron chi connectivity index (χ2n) is 5.60. The summed E-state index contributed by atoms with van der Waals surface area (Å²) in [6.07, 6.45) is 3.93. The summed E-state index contributed by atoms with van der Waals surface area (Å²) in [5.74, 6) is -0.0778. The molecule has 0 aliphatic rings. The van der Waals surface area contributed by atoms with Gasteiger partial charge in [-0.15, -0.1) is 0 Å². The van der Waals surface area contributed by atoms with Gasteiger partial charge in [-0.3, -0.25) is 19.7 Å². The number of hydrogen-bond donors (Lipinski definition) is 0. The number of non-ortho nitro benzene ring substituents is 1. The number of benzene rings is 1. The Balaban J connectivity index is 2.52. The number of carbonyl (C=O) groups excluding carboxylic acids is 1. The summed E-state index contributed by atoms with van der Waals surface area (Å²) in [5.41, 5.74) is -0.398. The number of rotatable bonds is 9. The first kappa shape index (κ1) is 18.4. The highest BCUT2D eigenvalue weighted by molar-refractivity contribution is 5.89. The van der Waals surface area contributed by atoms with Crippen LogP contribution in [0.3, 0.4) is 0 Å². The zero-order valence-electron chi connectivity index (χ0n) is 14.2. The highest BCUT2D eigenvalue weighted by Gasteiger charge is 2.20. The summed E-state index contributed by atoms with van der Waals surface area (Å²) >= 11 is 0. The van der Waals surface area contributed by atoms with E-state index in [0.717, 1.165) is 25.7 Å². The third-order valence-electron chi connectivity index (χ3n) is 3.91. The lowest BCUT2D eigenvalue weighted by molar-refractivity contribution is -0.384. The predicted molar refractivity (Wildman–Crippen MR) is 92.2 cm³/mol. The normalized spacial score (nSPS) is 10.6. The van der Waals surface area contributed by atoms with E-state index >= 15 is 0 Å². The zero-order chi connectivity index (χ0) is 18.4.